The Hall–Kier alpha value is -0.430. The number of nitrogens with zero attached hydrogens (tertiary/aromatic N) is 1. The molecule has 0 bridgehead atoms. The summed E-state index contributed by atoms with van der Waals surface area (Å²) in [5, 5.41) is 0. The molecular weight excluding hydrogens is 256 g/mol. The van der Waals surface area contributed by atoms with Gasteiger partial charge in [-0.2, -0.15) is 0 Å². The topological polar surface area (TPSA) is 63.4 Å². The number of hydrogen-bond acceptors (Lipinski definition) is 5. The van der Waals surface area contributed by atoms with Crippen LogP contribution in [0.15, 0.2) is 6.07 Å². The van der Waals surface area contributed by atoms with Crippen molar-refractivity contribution in [3.05, 3.63) is 21.4 Å². The van der Waals surface area contributed by atoms with Crippen molar-refractivity contribution in [1.82, 2.24) is 4.90 Å². The minimum atomic E-state index is -2.88. The highest BCUT2D eigenvalue weighted by molar-refractivity contribution is 7.90. The summed E-state index contributed by atoms with van der Waals surface area (Å²) in [6.07, 6.45) is 1.27. The molecule has 2 N–H and O–H groups in total. The Morgan fingerprint density at radius 1 is 1.47 bits per heavy atom. The van der Waals surface area contributed by atoms with Gasteiger partial charge in [0.15, 0.2) is 0 Å². The van der Waals surface area contributed by atoms with Gasteiger partial charge >= 0.3 is 0 Å². The lowest BCUT2D eigenvalue weighted by atomic mass is 10.2. The molecule has 4 nitrogen and oxygen atoms in total. The molecule has 17 heavy (non-hydrogen) atoms. The maximum absolute atomic E-state index is 11.1. The van der Waals surface area contributed by atoms with E-state index in [-0.39, 0.29) is 5.75 Å². The van der Waals surface area contributed by atoms with Crippen LogP contribution in [-0.2, 0) is 22.9 Å². The smallest absolute Gasteiger partial charge is 0.148 e. The molecule has 1 aromatic rings. The van der Waals surface area contributed by atoms with Gasteiger partial charge in [-0.25, -0.2) is 8.42 Å². The first-order valence-corrected chi connectivity index (χ1v) is 8.34. The Bertz CT molecular complexity index is 466. The van der Waals surface area contributed by atoms with E-state index in [9.17, 15) is 8.42 Å². The third-order valence-electron chi connectivity index (χ3n) is 2.56. The molecule has 1 aromatic heterocycles. The highest BCUT2D eigenvalue weighted by atomic mass is 32.2. The lowest BCUT2D eigenvalue weighted by Gasteiger charge is -2.15. The van der Waals surface area contributed by atoms with Crippen molar-refractivity contribution in [2.45, 2.75) is 20.0 Å². The van der Waals surface area contributed by atoms with Gasteiger partial charge in [0.05, 0.1) is 5.75 Å². The highest BCUT2D eigenvalue weighted by Crippen LogP contribution is 2.22. The standard InChI is InChI=1S/C11H20N2O2S2/c1-9-10(6-11(7-12)16-9)8-13(2)4-5-17(3,14)15/h6H,4-5,7-8,12H2,1-3H3. The second-order valence-corrected chi connectivity index (χ2v) is 7.97. The average Bonchev–Trinajstić information content (AvgIpc) is 2.56. The van der Waals surface area contributed by atoms with Crippen molar-refractivity contribution < 1.29 is 8.42 Å². The summed E-state index contributed by atoms with van der Waals surface area (Å²) in [6, 6.07) is 2.11. The highest BCUT2D eigenvalue weighted by Gasteiger charge is 2.09. The molecule has 0 atom stereocenters. The molecule has 6 heteroatoms. The largest absolute Gasteiger partial charge is 0.326 e. The molecule has 0 saturated carbocycles. The molecule has 0 aliphatic heterocycles. The minimum absolute atomic E-state index is 0.205. The molecule has 0 amide bonds. The van der Waals surface area contributed by atoms with Gasteiger partial charge in [0.25, 0.3) is 0 Å². The van der Waals surface area contributed by atoms with Crippen LogP contribution < -0.4 is 5.73 Å². The van der Waals surface area contributed by atoms with E-state index in [1.54, 1.807) is 11.3 Å². The number of rotatable bonds is 6. The second kappa shape index (κ2) is 5.95. The van der Waals surface area contributed by atoms with E-state index in [1.165, 1.54) is 21.6 Å². The number of aryl methyl sites for hydroxylation is 1. The van der Waals surface area contributed by atoms with Crippen LogP contribution >= 0.6 is 11.3 Å². The lowest BCUT2D eigenvalue weighted by Crippen LogP contribution is -2.24. The predicted molar refractivity (Wildman–Crippen MR) is 73.0 cm³/mol. The maximum Gasteiger partial charge on any atom is 0.148 e. The van der Waals surface area contributed by atoms with Gasteiger partial charge in [-0.05, 0) is 25.6 Å². The molecule has 0 unspecified atom stereocenters. The molecule has 0 aliphatic carbocycles. The molecule has 1 rings (SSSR count). The number of sulfone groups is 1. The molecule has 98 valence electrons. The molecule has 0 saturated heterocycles. The van der Waals surface area contributed by atoms with Crippen molar-refractivity contribution in [3.63, 3.8) is 0 Å². The first-order valence-electron chi connectivity index (χ1n) is 5.46. The number of nitrogens with two attached hydrogens (primary N) is 1. The Morgan fingerprint density at radius 3 is 2.59 bits per heavy atom. The summed E-state index contributed by atoms with van der Waals surface area (Å²) in [6.45, 7) is 3.98. The summed E-state index contributed by atoms with van der Waals surface area (Å²) in [5.74, 6) is 0.205. The summed E-state index contributed by atoms with van der Waals surface area (Å²) < 4.78 is 22.1. The summed E-state index contributed by atoms with van der Waals surface area (Å²) in [7, 11) is -0.945. The van der Waals surface area contributed by atoms with Crippen LogP contribution in [0.5, 0.6) is 0 Å². The van der Waals surface area contributed by atoms with E-state index in [0.29, 0.717) is 13.1 Å². The molecule has 0 aliphatic rings. The fraction of sp³-hybridized carbons (Fsp3) is 0.636. The first-order chi connectivity index (χ1) is 7.81. The first kappa shape index (κ1) is 14.6. The lowest BCUT2D eigenvalue weighted by molar-refractivity contribution is 0.346. The average molecular weight is 276 g/mol. The fourth-order valence-electron chi connectivity index (χ4n) is 1.54. The molecule has 0 radical (unpaired) electrons. The van der Waals surface area contributed by atoms with Crippen LogP contribution in [-0.4, -0.2) is 38.9 Å². The predicted octanol–water partition coefficient (Wildman–Crippen LogP) is 0.992. The fourth-order valence-corrected chi connectivity index (χ4v) is 3.11. The Morgan fingerprint density at radius 2 is 2.12 bits per heavy atom. The number of hydrogen-bond donors (Lipinski definition) is 1. The quantitative estimate of drug-likeness (QED) is 0.841. The van der Waals surface area contributed by atoms with Crippen LogP contribution in [0.1, 0.15) is 15.3 Å². The molecule has 0 fully saturated rings. The van der Waals surface area contributed by atoms with Crippen LogP contribution in [0.4, 0.5) is 0 Å². The van der Waals surface area contributed by atoms with Gasteiger partial charge in [0.2, 0.25) is 0 Å². The van der Waals surface area contributed by atoms with E-state index in [1.807, 2.05) is 11.9 Å². The van der Waals surface area contributed by atoms with Crippen molar-refractivity contribution in [3.8, 4) is 0 Å². The zero-order chi connectivity index (χ0) is 13.1. The SMILES string of the molecule is Cc1sc(CN)cc1CN(C)CCS(C)(=O)=O. The monoisotopic (exact) mass is 276 g/mol. The van der Waals surface area contributed by atoms with Crippen molar-refractivity contribution in [2.75, 3.05) is 25.6 Å². The van der Waals surface area contributed by atoms with E-state index in [4.69, 9.17) is 5.73 Å². The van der Waals surface area contributed by atoms with Gasteiger partial charge in [0, 0.05) is 35.6 Å². The molecular formula is C11H20N2O2S2. The second-order valence-electron chi connectivity index (χ2n) is 4.37. The zero-order valence-electron chi connectivity index (χ0n) is 10.6. The number of thiophene rings is 1. The van der Waals surface area contributed by atoms with Crippen LogP contribution in [0, 0.1) is 6.92 Å². The zero-order valence-corrected chi connectivity index (χ0v) is 12.2. The van der Waals surface area contributed by atoms with Gasteiger partial charge in [-0.15, -0.1) is 11.3 Å². The van der Waals surface area contributed by atoms with Crippen LogP contribution in [0.3, 0.4) is 0 Å². The van der Waals surface area contributed by atoms with Crippen molar-refractivity contribution in [2.24, 2.45) is 5.73 Å². The molecule has 1 heterocycles. The van der Waals surface area contributed by atoms with Gasteiger partial charge < -0.3 is 10.6 Å². The van der Waals surface area contributed by atoms with Crippen LogP contribution in [0.25, 0.3) is 0 Å². The van der Waals surface area contributed by atoms with E-state index in [0.717, 1.165) is 6.54 Å². The normalized spacial score (nSPS) is 12.3. The summed E-state index contributed by atoms with van der Waals surface area (Å²) in [4.78, 5) is 4.46. The summed E-state index contributed by atoms with van der Waals surface area (Å²) >= 11 is 1.71. The molecule has 0 aromatic carbocycles. The van der Waals surface area contributed by atoms with E-state index < -0.39 is 9.84 Å². The van der Waals surface area contributed by atoms with Crippen molar-refractivity contribution in [1.29, 1.82) is 0 Å². The maximum atomic E-state index is 11.1. The van der Waals surface area contributed by atoms with E-state index >= 15 is 0 Å². The van der Waals surface area contributed by atoms with Gasteiger partial charge in [-0.1, -0.05) is 0 Å². The van der Waals surface area contributed by atoms with Gasteiger partial charge in [-0.3, -0.25) is 0 Å². The third kappa shape index (κ3) is 5.16. The molecule has 0 spiro atoms. The Kier molecular flexibility index (Phi) is 5.12. The Balaban J connectivity index is 2.55. The summed E-state index contributed by atoms with van der Waals surface area (Å²) in [5.41, 5.74) is 6.84. The van der Waals surface area contributed by atoms with Crippen LogP contribution in [0.2, 0.25) is 0 Å². The third-order valence-corrected chi connectivity index (χ3v) is 4.60. The van der Waals surface area contributed by atoms with E-state index in [2.05, 4.69) is 13.0 Å². The van der Waals surface area contributed by atoms with Gasteiger partial charge in [0.1, 0.15) is 9.84 Å². The minimum Gasteiger partial charge on any atom is -0.326 e. The Labute approximate surface area is 107 Å². The van der Waals surface area contributed by atoms with Crippen molar-refractivity contribution >= 4 is 21.2 Å².